The Kier molecular flexibility index (Phi) is 10.5. The van der Waals surface area contributed by atoms with Crippen molar-refractivity contribution >= 4 is 52.2 Å². The molecule has 0 bridgehead atoms. The molecule has 12 nitrogen and oxygen atoms in total. The number of ketones is 1. The van der Waals surface area contributed by atoms with Gasteiger partial charge >= 0.3 is 18.2 Å². The Morgan fingerprint density at radius 2 is 1.89 bits per heavy atom. The summed E-state index contributed by atoms with van der Waals surface area (Å²) in [7, 11) is 0. The summed E-state index contributed by atoms with van der Waals surface area (Å²) in [6.45, 7) is 6.09. The van der Waals surface area contributed by atoms with Gasteiger partial charge in [-0.3, -0.25) is 14.4 Å². The second kappa shape index (κ2) is 14.5. The van der Waals surface area contributed by atoms with Crippen molar-refractivity contribution in [2.75, 3.05) is 13.2 Å². The van der Waals surface area contributed by atoms with Crippen molar-refractivity contribution in [3.05, 3.63) is 58.8 Å². The number of halogens is 4. The Morgan fingerprint density at radius 1 is 1.13 bits per heavy atom. The lowest BCUT2D eigenvalue weighted by atomic mass is 9.73. The van der Waals surface area contributed by atoms with Crippen LogP contribution in [-0.2, 0) is 30.0 Å². The van der Waals surface area contributed by atoms with Gasteiger partial charge < -0.3 is 29.7 Å². The maximum atomic E-state index is 14.7. The minimum Gasteiger partial charge on any atom is -0.482 e. The minimum absolute atomic E-state index is 0.0146. The van der Waals surface area contributed by atoms with Crippen LogP contribution in [0.3, 0.4) is 0 Å². The number of nitrogens with one attached hydrogen (secondary N) is 2. The van der Waals surface area contributed by atoms with Gasteiger partial charge in [-0.05, 0) is 53.0 Å². The van der Waals surface area contributed by atoms with Gasteiger partial charge in [0.1, 0.15) is 23.3 Å². The Labute approximate surface area is 314 Å². The van der Waals surface area contributed by atoms with Crippen molar-refractivity contribution in [2.45, 2.75) is 108 Å². The molecule has 2 N–H and O–H groups in total. The lowest BCUT2D eigenvalue weighted by Gasteiger charge is -2.41. The van der Waals surface area contributed by atoms with Gasteiger partial charge in [0, 0.05) is 17.7 Å². The molecule has 16 heteroatoms. The summed E-state index contributed by atoms with van der Waals surface area (Å²) >= 11 is 6.23. The number of nitrogens with zero attached hydrogens (tertiary/aromatic N) is 2. The number of alkyl halides is 3. The third kappa shape index (κ3) is 7.51. The van der Waals surface area contributed by atoms with Gasteiger partial charge in [-0.15, -0.1) is 0 Å². The quantitative estimate of drug-likeness (QED) is 0.273. The molecule has 1 aliphatic carbocycles. The number of carbonyl (C=O) groups is 5. The highest BCUT2D eigenvalue weighted by molar-refractivity contribution is 6.35. The largest absolute Gasteiger partial charge is 0.482 e. The van der Waals surface area contributed by atoms with E-state index >= 15 is 0 Å². The molecule has 54 heavy (non-hydrogen) atoms. The van der Waals surface area contributed by atoms with E-state index in [-0.39, 0.29) is 34.5 Å². The second-order valence-electron chi connectivity index (χ2n) is 15.1. The Morgan fingerprint density at radius 3 is 2.56 bits per heavy atom. The average molecular weight is 775 g/mol. The van der Waals surface area contributed by atoms with E-state index < -0.39 is 101 Å². The molecule has 0 saturated carbocycles. The fourth-order valence-corrected chi connectivity index (χ4v) is 7.74. The molecule has 5 atom stereocenters. The molecule has 1 aromatic carbocycles. The van der Waals surface area contributed by atoms with Crippen LogP contribution in [0.25, 0.3) is 10.9 Å². The van der Waals surface area contributed by atoms with Crippen LogP contribution in [0, 0.1) is 5.92 Å². The number of pyridine rings is 1. The van der Waals surface area contributed by atoms with E-state index in [4.69, 9.17) is 25.8 Å². The van der Waals surface area contributed by atoms with Crippen LogP contribution >= 0.6 is 11.6 Å². The number of fused-ring (bicyclic) bond motifs is 5. The molecule has 3 aliphatic heterocycles. The van der Waals surface area contributed by atoms with E-state index in [9.17, 15) is 37.1 Å². The summed E-state index contributed by atoms with van der Waals surface area (Å²) in [5.41, 5.74) is -6.45. The molecule has 3 amide bonds. The molecule has 290 valence electrons. The highest BCUT2D eigenvalue weighted by Crippen LogP contribution is 2.49. The SMILES string of the molecule is CCOC(=O)[C@@]12C=C[C@H]1/C=C\CCCCC[C@H](NC(=O)OC(C)(C)C)C(=O)N1C[C@@]3(CC(=O)c4c(c(C(F)(F)F)nc5c(Cl)cccc45)O3)C[C@H]1C(=O)N2. The summed E-state index contributed by atoms with van der Waals surface area (Å²) in [4.78, 5) is 74.5. The summed E-state index contributed by atoms with van der Waals surface area (Å²) < 4.78 is 60.9. The molecule has 2 aromatic rings. The van der Waals surface area contributed by atoms with Gasteiger partial charge in [0.15, 0.2) is 22.8 Å². The standard InChI is InChI=1S/C38H42ClF3N4O8/c1-5-52-33(50)37-17-16-21(37)12-9-7-6-8-10-15-24(43-34(51)54-35(2,3)4)32(49)46-20-36(18-25(46)31(48)45-37)19-26(47)27-22-13-11-14-23(39)28(22)44-30(29(27)53-36)38(40,41)42/h9,11-14,16-17,21,24-25H,5-8,10,15,18-20H2,1-4H3,(H,43,51)(H,45,48)/b12-9-/t21-,24+,25+,36+,37-/m1/s1. The smallest absolute Gasteiger partial charge is 0.437 e. The van der Waals surface area contributed by atoms with Gasteiger partial charge in [0.25, 0.3) is 0 Å². The van der Waals surface area contributed by atoms with E-state index in [1.807, 2.05) is 6.08 Å². The number of alkyl carbamates (subject to hydrolysis) is 1. The number of aromatic nitrogens is 1. The Balaban J connectivity index is 1.44. The zero-order valence-corrected chi connectivity index (χ0v) is 31.1. The highest BCUT2D eigenvalue weighted by Gasteiger charge is 2.58. The topological polar surface area (TPSA) is 153 Å². The molecule has 1 saturated heterocycles. The number of hydrogen-bond donors (Lipinski definition) is 2. The molecule has 1 spiro atoms. The summed E-state index contributed by atoms with van der Waals surface area (Å²) in [6.07, 6.45) is 2.69. The summed E-state index contributed by atoms with van der Waals surface area (Å²) in [6, 6.07) is 1.57. The van der Waals surface area contributed by atoms with Crippen molar-refractivity contribution in [3.8, 4) is 5.75 Å². The molecular formula is C38H42ClF3N4O8. The molecule has 6 rings (SSSR count). The number of amides is 3. The van der Waals surface area contributed by atoms with E-state index in [2.05, 4.69) is 15.6 Å². The third-order valence-electron chi connectivity index (χ3n) is 9.99. The van der Waals surface area contributed by atoms with Gasteiger partial charge in [-0.25, -0.2) is 14.6 Å². The van der Waals surface area contributed by atoms with Crippen molar-refractivity contribution in [3.63, 3.8) is 0 Å². The molecular weight excluding hydrogens is 733 g/mol. The van der Waals surface area contributed by atoms with Crippen LogP contribution < -0.4 is 15.4 Å². The predicted octanol–water partition coefficient (Wildman–Crippen LogP) is 6.23. The lowest BCUT2D eigenvalue weighted by Crippen LogP contribution is -2.65. The number of Topliss-reactive ketones (excluding diaryl/α,β-unsaturated/α-hetero) is 1. The van der Waals surface area contributed by atoms with Crippen molar-refractivity contribution < 1.29 is 51.4 Å². The molecule has 4 heterocycles. The summed E-state index contributed by atoms with van der Waals surface area (Å²) in [5.74, 6) is -4.46. The molecule has 4 aliphatic rings. The van der Waals surface area contributed by atoms with E-state index in [1.165, 1.54) is 24.3 Å². The normalized spacial score (nSPS) is 28.0. The predicted molar refractivity (Wildman–Crippen MR) is 190 cm³/mol. The maximum Gasteiger partial charge on any atom is 0.437 e. The zero-order chi connectivity index (χ0) is 39.2. The Bertz CT molecular complexity index is 1950. The number of benzene rings is 1. The fraction of sp³-hybridized carbons (Fsp3) is 0.526. The molecule has 0 radical (unpaired) electrons. The number of hydrogen-bond acceptors (Lipinski definition) is 9. The Hall–Kier alpha value is -4.66. The second-order valence-corrected chi connectivity index (χ2v) is 15.5. The summed E-state index contributed by atoms with van der Waals surface area (Å²) in [5, 5.41) is 5.36. The van der Waals surface area contributed by atoms with Crippen LogP contribution in [0.15, 0.2) is 42.5 Å². The monoisotopic (exact) mass is 774 g/mol. The van der Waals surface area contributed by atoms with E-state index in [0.29, 0.717) is 19.3 Å². The molecule has 1 aromatic heterocycles. The first kappa shape index (κ1) is 39.0. The number of ether oxygens (including phenoxy) is 3. The van der Waals surface area contributed by atoms with E-state index in [0.717, 1.165) is 11.3 Å². The van der Waals surface area contributed by atoms with E-state index in [1.54, 1.807) is 39.8 Å². The van der Waals surface area contributed by atoms with Crippen LogP contribution in [0.4, 0.5) is 18.0 Å². The van der Waals surface area contributed by atoms with Crippen LogP contribution in [0.2, 0.25) is 5.02 Å². The number of esters is 1. The zero-order valence-electron chi connectivity index (χ0n) is 30.3. The average Bonchev–Trinajstić information content (AvgIpc) is 3.42. The number of rotatable bonds is 3. The van der Waals surface area contributed by atoms with Crippen LogP contribution in [0.1, 0.15) is 88.7 Å². The lowest BCUT2D eigenvalue weighted by molar-refractivity contribution is -0.154. The fourth-order valence-electron chi connectivity index (χ4n) is 7.52. The number of allylic oxidation sites excluding steroid dienone is 1. The highest BCUT2D eigenvalue weighted by atomic mass is 35.5. The van der Waals surface area contributed by atoms with Gasteiger partial charge in [-0.1, -0.05) is 60.9 Å². The number of carbonyl (C=O) groups excluding carboxylic acids is 5. The van der Waals surface area contributed by atoms with Crippen molar-refractivity contribution in [1.82, 2.24) is 20.5 Å². The van der Waals surface area contributed by atoms with Gasteiger partial charge in [0.05, 0.1) is 35.7 Å². The van der Waals surface area contributed by atoms with Crippen LogP contribution in [0.5, 0.6) is 5.75 Å². The first-order valence-electron chi connectivity index (χ1n) is 17.9. The van der Waals surface area contributed by atoms with Gasteiger partial charge in [-0.2, -0.15) is 13.2 Å². The third-order valence-corrected chi connectivity index (χ3v) is 10.3. The first-order valence-corrected chi connectivity index (χ1v) is 18.3. The minimum atomic E-state index is -5.08. The molecule has 0 unspecified atom stereocenters. The van der Waals surface area contributed by atoms with Crippen molar-refractivity contribution in [1.29, 1.82) is 0 Å². The first-order chi connectivity index (χ1) is 25.4. The van der Waals surface area contributed by atoms with Gasteiger partial charge in [0.2, 0.25) is 11.8 Å². The van der Waals surface area contributed by atoms with Crippen molar-refractivity contribution in [2.24, 2.45) is 5.92 Å². The van der Waals surface area contributed by atoms with Crippen LogP contribution in [-0.4, -0.2) is 81.5 Å². The maximum absolute atomic E-state index is 14.7. The molecule has 1 fully saturated rings. The number of para-hydroxylation sites is 1.